The fourth-order valence-corrected chi connectivity index (χ4v) is 1.99. The Morgan fingerprint density at radius 3 is 2.60 bits per heavy atom. The molecule has 0 aromatic heterocycles. The van der Waals surface area contributed by atoms with Crippen LogP contribution in [0.5, 0.6) is 0 Å². The van der Waals surface area contributed by atoms with E-state index in [1.54, 1.807) is 0 Å². The minimum absolute atomic E-state index is 0.0585. The molecule has 0 heterocycles. The normalized spacial score (nSPS) is 16.9. The molecule has 1 aromatic rings. The van der Waals surface area contributed by atoms with Gasteiger partial charge in [0.25, 0.3) is 0 Å². The minimum Gasteiger partial charge on any atom is -0.373 e. The third-order valence-corrected chi connectivity index (χ3v) is 3.16. The lowest BCUT2D eigenvalue weighted by molar-refractivity contribution is 0.652. The second-order valence-corrected chi connectivity index (χ2v) is 4.53. The van der Waals surface area contributed by atoms with E-state index in [9.17, 15) is 0 Å². The van der Waals surface area contributed by atoms with Crippen LogP contribution in [0, 0.1) is 23.7 Å². The van der Waals surface area contributed by atoms with E-state index in [2.05, 4.69) is 37.1 Å². The molecule has 2 heteroatoms. The van der Waals surface area contributed by atoms with Crippen molar-refractivity contribution in [2.45, 2.75) is 19.8 Å². The molecule has 0 N–H and O–H groups in total. The molecule has 0 radical (unpaired) electrons. The van der Waals surface area contributed by atoms with E-state index in [4.69, 9.17) is 5.26 Å². The lowest BCUT2D eigenvalue weighted by Gasteiger charge is -2.23. The summed E-state index contributed by atoms with van der Waals surface area (Å²) in [5.74, 6) is 0. The lowest BCUT2D eigenvalue weighted by Crippen LogP contribution is -2.26. The quantitative estimate of drug-likeness (QED) is 0.750. The standard InChI is InChI=1S/C13H16N2/c1-11-5-3-4-6-12(11)15(2)10-13(9-14)7-8-13/h3-6H,7-8,10H2,1-2H3. The van der Waals surface area contributed by atoms with E-state index in [0.29, 0.717) is 0 Å². The number of aryl methyl sites for hydroxylation is 1. The van der Waals surface area contributed by atoms with Gasteiger partial charge in [-0.2, -0.15) is 5.26 Å². The van der Waals surface area contributed by atoms with E-state index >= 15 is 0 Å². The first-order chi connectivity index (χ1) is 7.17. The predicted octanol–water partition coefficient (Wildman–Crippen LogP) is 2.74. The van der Waals surface area contributed by atoms with E-state index in [1.807, 2.05) is 12.1 Å². The molecule has 0 amide bonds. The van der Waals surface area contributed by atoms with Gasteiger partial charge in [0.1, 0.15) is 0 Å². The Morgan fingerprint density at radius 2 is 2.07 bits per heavy atom. The first-order valence-electron chi connectivity index (χ1n) is 5.35. The first-order valence-corrected chi connectivity index (χ1v) is 5.35. The van der Waals surface area contributed by atoms with Crippen molar-refractivity contribution in [3.63, 3.8) is 0 Å². The Balaban J connectivity index is 2.12. The number of para-hydroxylation sites is 1. The highest BCUT2D eigenvalue weighted by molar-refractivity contribution is 5.52. The van der Waals surface area contributed by atoms with Gasteiger partial charge in [0.2, 0.25) is 0 Å². The summed E-state index contributed by atoms with van der Waals surface area (Å²) in [6, 6.07) is 10.7. The Morgan fingerprint density at radius 1 is 1.40 bits per heavy atom. The second-order valence-electron chi connectivity index (χ2n) is 4.53. The number of anilines is 1. The molecule has 1 aromatic carbocycles. The van der Waals surface area contributed by atoms with Crippen LogP contribution >= 0.6 is 0 Å². The molecule has 0 bridgehead atoms. The zero-order valence-electron chi connectivity index (χ0n) is 9.33. The zero-order valence-corrected chi connectivity index (χ0v) is 9.33. The minimum atomic E-state index is -0.0585. The highest BCUT2D eigenvalue weighted by atomic mass is 15.1. The topological polar surface area (TPSA) is 27.0 Å². The van der Waals surface area contributed by atoms with Crippen LogP contribution in [0.4, 0.5) is 5.69 Å². The summed E-state index contributed by atoms with van der Waals surface area (Å²) in [5.41, 5.74) is 2.45. The number of hydrogen-bond acceptors (Lipinski definition) is 2. The van der Waals surface area contributed by atoms with E-state index in [1.165, 1.54) is 11.3 Å². The summed E-state index contributed by atoms with van der Waals surface area (Å²) in [7, 11) is 2.07. The Hall–Kier alpha value is -1.49. The number of nitrogens with zero attached hydrogens (tertiary/aromatic N) is 2. The monoisotopic (exact) mass is 200 g/mol. The van der Waals surface area contributed by atoms with Crippen molar-refractivity contribution in [1.82, 2.24) is 0 Å². The van der Waals surface area contributed by atoms with Gasteiger partial charge in [0.05, 0.1) is 11.5 Å². The van der Waals surface area contributed by atoms with Gasteiger partial charge in [-0.25, -0.2) is 0 Å². The summed E-state index contributed by atoms with van der Waals surface area (Å²) in [5, 5.41) is 9.04. The van der Waals surface area contributed by atoms with Gasteiger partial charge in [-0.1, -0.05) is 18.2 Å². The number of rotatable bonds is 3. The average molecular weight is 200 g/mol. The molecule has 0 saturated heterocycles. The molecule has 1 fully saturated rings. The van der Waals surface area contributed by atoms with Crippen LogP contribution in [-0.4, -0.2) is 13.6 Å². The first kappa shape index (κ1) is 10.0. The molecule has 15 heavy (non-hydrogen) atoms. The fourth-order valence-electron chi connectivity index (χ4n) is 1.99. The van der Waals surface area contributed by atoms with Crippen LogP contribution in [0.15, 0.2) is 24.3 Å². The fraction of sp³-hybridized carbons (Fsp3) is 0.462. The Bertz CT molecular complexity index is 399. The maximum atomic E-state index is 9.04. The van der Waals surface area contributed by atoms with Crippen molar-refractivity contribution < 1.29 is 0 Å². The van der Waals surface area contributed by atoms with Gasteiger partial charge in [-0.15, -0.1) is 0 Å². The lowest BCUT2D eigenvalue weighted by atomic mass is 10.1. The van der Waals surface area contributed by atoms with Gasteiger partial charge in [0.15, 0.2) is 0 Å². The average Bonchev–Trinajstić information content (AvgIpc) is 2.99. The molecule has 0 aliphatic heterocycles. The summed E-state index contributed by atoms with van der Waals surface area (Å²) >= 11 is 0. The summed E-state index contributed by atoms with van der Waals surface area (Å²) in [6.07, 6.45) is 2.11. The number of benzene rings is 1. The number of nitriles is 1. The summed E-state index contributed by atoms with van der Waals surface area (Å²) in [4.78, 5) is 2.20. The molecule has 2 rings (SSSR count). The Labute approximate surface area is 91.1 Å². The highest BCUT2D eigenvalue weighted by Gasteiger charge is 2.44. The smallest absolute Gasteiger partial charge is 0.0749 e. The van der Waals surface area contributed by atoms with Crippen LogP contribution in [0.3, 0.4) is 0 Å². The maximum Gasteiger partial charge on any atom is 0.0749 e. The van der Waals surface area contributed by atoms with E-state index < -0.39 is 0 Å². The highest BCUT2D eigenvalue weighted by Crippen LogP contribution is 2.45. The van der Waals surface area contributed by atoms with Crippen molar-refractivity contribution >= 4 is 5.69 Å². The largest absolute Gasteiger partial charge is 0.373 e. The second kappa shape index (κ2) is 3.58. The SMILES string of the molecule is Cc1ccccc1N(C)CC1(C#N)CC1. The van der Waals surface area contributed by atoms with Gasteiger partial charge in [-0.3, -0.25) is 0 Å². The predicted molar refractivity (Wildman–Crippen MR) is 61.7 cm³/mol. The molecule has 0 unspecified atom stereocenters. The molecule has 1 aliphatic carbocycles. The third-order valence-electron chi connectivity index (χ3n) is 3.16. The molecule has 1 saturated carbocycles. The third kappa shape index (κ3) is 1.97. The van der Waals surface area contributed by atoms with Crippen molar-refractivity contribution in [1.29, 1.82) is 5.26 Å². The molecular formula is C13H16N2. The van der Waals surface area contributed by atoms with E-state index in [0.717, 1.165) is 19.4 Å². The van der Waals surface area contributed by atoms with Crippen LogP contribution in [-0.2, 0) is 0 Å². The van der Waals surface area contributed by atoms with Crippen LogP contribution in [0.2, 0.25) is 0 Å². The van der Waals surface area contributed by atoms with Crippen molar-refractivity contribution in [2.24, 2.45) is 5.41 Å². The van der Waals surface area contributed by atoms with Gasteiger partial charge in [0, 0.05) is 19.3 Å². The van der Waals surface area contributed by atoms with Crippen LogP contribution < -0.4 is 4.90 Å². The van der Waals surface area contributed by atoms with Crippen molar-refractivity contribution in [3.05, 3.63) is 29.8 Å². The number of hydrogen-bond donors (Lipinski definition) is 0. The van der Waals surface area contributed by atoms with E-state index in [-0.39, 0.29) is 5.41 Å². The summed E-state index contributed by atoms with van der Waals surface area (Å²) in [6.45, 7) is 2.96. The van der Waals surface area contributed by atoms with Crippen molar-refractivity contribution in [3.8, 4) is 6.07 Å². The molecule has 0 atom stereocenters. The molecule has 2 nitrogen and oxygen atoms in total. The zero-order chi connectivity index (χ0) is 10.9. The molecule has 1 aliphatic rings. The van der Waals surface area contributed by atoms with Crippen molar-refractivity contribution in [2.75, 3.05) is 18.5 Å². The summed E-state index contributed by atoms with van der Waals surface area (Å²) < 4.78 is 0. The van der Waals surface area contributed by atoms with Gasteiger partial charge in [-0.05, 0) is 31.4 Å². The van der Waals surface area contributed by atoms with Gasteiger partial charge >= 0.3 is 0 Å². The maximum absolute atomic E-state index is 9.04. The molecule has 78 valence electrons. The Kier molecular flexibility index (Phi) is 2.40. The molecular weight excluding hydrogens is 184 g/mol. The van der Waals surface area contributed by atoms with Crippen LogP contribution in [0.25, 0.3) is 0 Å². The molecule has 0 spiro atoms. The van der Waals surface area contributed by atoms with Crippen LogP contribution in [0.1, 0.15) is 18.4 Å². The van der Waals surface area contributed by atoms with Gasteiger partial charge < -0.3 is 4.90 Å².